The van der Waals surface area contributed by atoms with Gasteiger partial charge in [-0.25, -0.2) is 4.79 Å². The van der Waals surface area contributed by atoms with E-state index in [-0.39, 0.29) is 5.91 Å². The zero-order valence-electron chi connectivity index (χ0n) is 27.1. The van der Waals surface area contributed by atoms with Crippen LogP contribution in [0, 0.1) is 12.8 Å². The summed E-state index contributed by atoms with van der Waals surface area (Å²) >= 11 is 1.64. The van der Waals surface area contributed by atoms with Crippen LogP contribution in [-0.2, 0) is 22.5 Å². The molecule has 236 valence electrons. The highest BCUT2D eigenvalue weighted by Crippen LogP contribution is 2.33. The summed E-state index contributed by atoms with van der Waals surface area (Å²) in [6.45, 7) is 6.16. The Morgan fingerprint density at radius 1 is 1.00 bits per heavy atom. The van der Waals surface area contributed by atoms with Gasteiger partial charge < -0.3 is 15.0 Å². The molecule has 1 atom stereocenters. The number of nitrogens with one attached hydrogen (secondary N) is 1. The number of ether oxygens (including phenoxy) is 1. The van der Waals surface area contributed by atoms with Gasteiger partial charge in [0.2, 0.25) is 0 Å². The van der Waals surface area contributed by atoms with Crippen molar-refractivity contribution in [3.05, 3.63) is 89.0 Å². The molecule has 44 heavy (non-hydrogen) atoms. The molecule has 0 heterocycles. The number of hydrogen-bond acceptors (Lipinski definition) is 5. The summed E-state index contributed by atoms with van der Waals surface area (Å²) in [5.41, 5.74) is 7.52. The lowest BCUT2D eigenvalue weighted by Crippen LogP contribution is -2.42. The van der Waals surface area contributed by atoms with E-state index in [2.05, 4.69) is 72.6 Å². The minimum absolute atomic E-state index is 0.254. The lowest BCUT2D eigenvalue weighted by molar-refractivity contribution is -0.142. The van der Waals surface area contributed by atoms with Gasteiger partial charge in [-0.1, -0.05) is 81.1 Å². The Bertz CT molecular complexity index is 1370. The molecule has 0 bridgehead atoms. The van der Waals surface area contributed by atoms with Gasteiger partial charge in [0.05, 0.1) is 7.11 Å². The summed E-state index contributed by atoms with van der Waals surface area (Å²) in [4.78, 5) is 28.9. The van der Waals surface area contributed by atoms with Gasteiger partial charge in [0.15, 0.2) is 0 Å². The number of unbranched alkanes of at least 4 members (excludes halogenated alkanes) is 1. The van der Waals surface area contributed by atoms with Crippen LogP contribution in [0.1, 0.15) is 85.3 Å². The molecule has 1 aliphatic rings. The highest BCUT2D eigenvalue weighted by Gasteiger charge is 2.25. The van der Waals surface area contributed by atoms with E-state index in [0.29, 0.717) is 17.9 Å². The Morgan fingerprint density at radius 3 is 2.48 bits per heavy atom. The van der Waals surface area contributed by atoms with E-state index in [1.807, 2.05) is 24.5 Å². The van der Waals surface area contributed by atoms with Crippen LogP contribution in [0.25, 0.3) is 11.1 Å². The van der Waals surface area contributed by atoms with Crippen LogP contribution in [0.4, 0.5) is 5.69 Å². The third-order valence-electron chi connectivity index (χ3n) is 8.87. The van der Waals surface area contributed by atoms with E-state index in [1.54, 1.807) is 11.8 Å². The summed E-state index contributed by atoms with van der Waals surface area (Å²) in [5, 5.41) is 2.98. The fourth-order valence-corrected chi connectivity index (χ4v) is 6.87. The first kappa shape index (κ1) is 33.6. The molecule has 1 saturated carbocycles. The number of rotatable bonds is 15. The van der Waals surface area contributed by atoms with Crippen molar-refractivity contribution in [3.63, 3.8) is 0 Å². The Labute approximate surface area is 269 Å². The molecule has 0 spiro atoms. The summed E-state index contributed by atoms with van der Waals surface area (Å²) in [5.74, 6) is 0.775. The molecule has 1 unspecified atom stereocenters. The second-order valence-corrected chi connectivity index (χ2v) is 13.1. The predicted molar refractivity (Wildman–Crippen MR) is 186 cm³/mol. The first-order chi connectivity index (χ1) is 21.4. The molecule has 0 saturated heterocycles. The topological polar surface area (TPSA) is 58.6 Å². The van der Waals surface area contributed by atoms with E-state index >= 15 is 0 Å². The Hall–Kier alpha value is -3.25. The van der Waals surface area contributed by atoms with E-state index in [9.17, 15) is 9.59 Å². The highest BCUT2D eigenvalue weighted by molar-refractivity contribution is 7.98. The van der Waals surface area contributed by atoms with E-state index in [4.69, 9.17) is 4.74 Å². The van der Waals surface area contributed by atoms with Crippen LogP contribution in [0.2, 0.25) is 0 Å². The van der Waals surface area contributed by atoms with Crippen LogP contribution in [0.15, 0.2) is 66.7 Å². The molecule has 1 N–H and O–H groups in total. The summed E-state index contributed by atoms with van der Waals surface area (Å²) in [7, 11) is 1.37. The van der Waals surface area contributed by atoms with Crippen molar-refractivity contribution in [2.24, 2.45) is 5.92 Å². The minimum Gasteiger partial charge on any atom is -0.467 e. The largest absolute Gasteiger partial charge is 0.467 e. The lowest BCUT2D eigenvalue weighted by Gasteiger charge is -2.33. The quantitative estimate of drug-likeness (QED) is 0.174. The van der Waals surface area contributed by atoms with Gasteiger partial charge in [0.25, 0.3) is 5.91 Å². The van der Waals surface area contributed by atoms with Gasteiger partial charge in [0, 0.05) is 24.3 Å². The Kier molecular flexibility index (Phi) is 13.2. The molecule has 3 aromatic rings. The van der Waals surface area contributed by atoms with Crippen molar-refractivity contribution in [2.45, 2.75) is 84.2 Å². The van der Waals surface area contributed by atoms with Gasteiger partial charge in [-0.3, -0.25) is 4.79 Å². The predicted octanol–water partition coefficient (Wildman–Crippen LogP) is 8.62. The van der Waals surface area contributed by atoms with Crippen LogP contribution >= 0.6 is 11.8 Å². The molecule has 0 radical (unpaired) electrons. The number of para-hydroxylation sites is 1. The van der Waals surface area contributed by atoms with Gasteiger partial charge in [-0.2, -0.15) is 11.8 Å². The van der Waals surface area contributed by atoms with Crippen LogP contribution < -0.4 is 10.2 Å². The number of benzene rings is 3. The average molecular weight is 615 g/mol. The summed E-state index contributed by atoms with van der Waals surface area (Å²) in [6, 6.07) is 22.7. The van der Waals surface area contributed by atoms with Crippen LogP contribution in [0.5, 0.6) is 0 Å². The smallest absolute Gasteiger partial charge is 0.328 e. The maximum absolute atomic E-state index is 13.8. The van der Waals surface area contributed by atoms with Crippen LogP contribution in [-0.4, -0.2) is 43.6 Å². The fourth-order valence-electron chi connectivity index (χ4n) is 6.40. The maximum Gasteiger partial charge on any atom is 0.328 e. The lowest BCUT2D eigenvalue weighted by atomic mass is 9.88. The number of aryl methyl sites for hydroxylation is 2. The number of hydrogen-bond donors (Lipinski definition) is 1. The van der Waals surface area contributed by atoms with Gasteiger partial charge in [-0.05, 0) is 103 Å². The van der Waals surface area contributed by atoms with Crippen molar-refractivity contribution in [1.82, 2.24) is 5.32 Å². The third-order valence-corrected chi connectivity index (χ3v) is 9.52. The van der Waals surface area contributed by atoms with Crippen molar-refractivity contribution < 1.29 is 14.3 Å². The van der Waals surface area contributed by atoms with Gasteiger partial charge in [0.1, 0.15) is 6.04 Å². The van der Waals surface area contributed by atoms with Gasteiger partial charge >= 0.3 is 5.97 Å². The van der Waals surface area contributed by atoms with Crippen molar-refractivity contribution in [3.8, 4) is 11.1 Å². The van der Waals surface area contributed by atoms with Crippen molar-refractivity contribution in [1.29, 1.82) is 0 Å². The standard InChI is InChI=1S/C38H50N2O3S/c1-5-6-17-31-18-11-13-20-36(31)40(26-29-15-8-7-9-16-29)27-30-21-22-33(34(25-30)32-19-12-10-14-28(32)2)37(41)39-35(23-24-44-4)38(42)43-3/h10-14,18-22,25,29,35H,5-9,15-17,23-24,26-27H2,1-4H3,(H,39,41). The number of methoxy groups -OCH3 is 1. The highest BCUT2D eigenvalue weighted by atomic mass is 32.2. The average Bonchev–Trinajstić information content (AvgIpc) is 3.05. The first-order valence-corrected chi connectivity index (χ1v) is 17.7. The number of esters is 1. The molecule has 1 amide bonds. The van der Waals surface area contributed by atoms with E-state index < -0.39 is 12.0 Å². The Morgan fingerprint density at radius 2 is 1.75 bits per heavy atom. The molecule has 3 aromatic carbocycles. The molecular weight excluding hydrogens is 564 g/mol. The second kappa shape index (κ2) is 17.3. The van der Waals surface area contributed by atoms with Crippen molar-refractivity contribution >= 4 is 29.3 Å². The molecule has 4 rings (SSSR count). The van der Waals surface area contributed by atoms with Crippen molar-refractivity contribution in [2.75, 3.05) is 30.6 Å². The molecular formula is C38H50N2O3S. The van der Waals surface area contributed by atoms with Gasteiger partial charge in [-0.15, -0.1) is 0 Å². The number of amides is 1. The minimum atomic E-state index is -0.685. The normalized spacial score (nSPS) is 14.2. The molecule has 5 nitrogen and oxygen atoms in total. The first-order valence-electron chi connectivity index (χ1n) is 16.3. The monoisotopic (exact) mass is 614 g/mol. The molecule has 0 aliphatic heterocycles. The molecule has 0 aromatic heterocycles. The molecule has 1 aliphatic carbocycles. The summed E-state index contributed by atoms with van der Waals surface area (Å²) < 4.78 is 5.01. The van der Waals surface area contributed by atoms with E-state index in [1.165, 1.54) is 68.9 Å². The number of thioether (sulfide) groups is 1. The third kappa shape index (κ3) is 9.13. The molecule has 6 heteroatoms. The molecule has 1 fully saturated rings. The number of nitrogens with zero attached hydrogens (tertiary/aromatic N) is 1. The van der Waals surface area contributed by atoms with E-state index in [0.717, 1.165) is 42.0 Å². The maximum atomic E-state index is 13.8. The zero-order chi connectivity index (χ0) is 31.3. The fraction of sp³-hybridized carbons (Fsp3) is 0.474. The number of carbonyl (C=O) groups is 2. The number of anilines is 1. The second-order valence-electron chi connectivity index (χ2n) is 12.1. The van der Waals surface area contributed by atoms with Crippen LogP contribution in [0.3, 0.4) is 0 Å². The number of carbonyl (C=O) groups excluding carboxylic acids is 2. The zero-order valence-corrected chi connectivity index (χ0v) is 27.9. The Balaban J connectivity index is 1.71. The SMILES string of the molecule is CCCCc1ccccc1N(Cc1ccc(C(=O)NC(CCSC)C(=O)OC)c(-c2ccccc2C)c1)CC1CCCCC1. The summed E-state index contributed by atoms with van der Waals surface area (Å²) in [6.07, 6.45) is 12.5.